The summed E-state index contributed by atoms with van der Waals surface area (Å²) in [7, 11) is 0. The molecule has 0 saturated carbocycles. The largest absolute Gasteiger partial charge is 0.310 e. The van der Waals surface area contributed by atoms with Crippen molar-refractivity contribution in [1.82, 2.24) is 20.2 Å². The van der Waals surface area contributed by atoms with Gasteiger partial charge in [0.05, 0.1) is 5.69 Å². The summed E-state index contributed by atoms with van der Waals surface area (Å²) in [5, 5.41) is 3.45. The zero-order valence-electron chi connectivity index (χ0n) is 9.89. The van der Waals surface area contributed by atoms with E-state index in [2.05, 4.69) is 27.1 Å². The monoisotopic (exact) mass is 220 g/mol. The molecule has 88 valence electrons. The second-order valence-electron chi connectivity index (χ2n) is 4.42. The molecule has 0 aromatic carbocycles. The summed E-state index contributed by atoms with van der Waals surface area (Å²) >= 11 is 0. The van der Waals surface area contributed by atoms with Gasteiger partial charge in [0.2, 0.25) is 0 Å². The van der Waals surface area contributed by atoms with Gasteiger partial charge in [-0.3, -0.25) is 4.90 Å². The molecule has 16 heavy (non-hydrogen) atoms. The highest BCUT2D eigenvalue weighted by molar-refractivity contribution is 4.97. The van der Waals surface area contributed by atoms with Gasteiger partial charge in [0.1, 0.15) is 6.33 Å². The number of aromatic nitrogens is 2. The molecular weight excluding hydrogens is 200 g/mol. The first-order valence-electron chi connectivity index (χ1n) is 6.06. The van der Waals surface area contributed by atoms with E-state index in [4.69, 9.17) is 0 Å². The summed E-state index contributed by atoms with van der Waals surface area (Å²) in [5.41, 5.74) is 1.06. The number of nitrogens with zero attached hydrogens (tertiary/aromatic N) is 3. The Morgan fingerprint density at radius 2 is 2.25 bits per heavy atom. The highest BCUT2D eigenvalue weighted by atomic mass is 15.2. The Labute approximate surface area is 97.1 Å². The summed E-state index contributed by atoms with van der Waals surface area (Å²) in [5.74, 6) is 0. The van der Waals surface area contributed by atoms with Crippen LogP contribution in [-0.2, 0) is 6.54 Å². The molecule has 1 aromatic rings. The highest BCUT2D eigenvalue weighted by Crippen LogP contribution is 2.10. The molecule has 1 aromatic heterocycles. The van der Waals surface area contributed by atoms with E-state index in [1.165, 1.54) is 25.9 Å². The smallest absolute Gasteiger partial charge is 0.115 e. The zero-order valence-corrected chi connectivity index (χ0v) is 9.89. The van der Waals surface area contributed by atoms with Crippen LogP contribution in [0.2, 0.25) is 0 Å². The lowest BCUT2D eigenvalue weighted by Crippen LogP contribution is -2.38. The maximum absolute atomic E-state index is 4.19. The molecule has 1 saturated heterocycles. The minimum Gasteiger partial charge on any atom is -0.310 e. The summed E-state index contributed by atoms with van der Waals surface area (Å²) in [6.07, 6.45) is 6.10. The number of likely N-dealkylation sites (tertiary alicyclic amines) is 1. The van der Waals surface area contributed by atoms with Crippen LogP contribution in [0, 0.1) is 0 Å². The minimum absolute atomic E-state index is 0.629. The van der Waals surface area contributed by atoms with Crippen LogP contribution in [0.1, 0.15) is 25.5 Å². The summed E-state index contributed by atoms with van der Waals surface area (Å²) < 4.78 is 0. The second kappa shape index (κ2) is 5.92. The molecule has 1 unspecified atom stereocenters. The molecule has 1 N–H and O–H groups in total. The van der Waals surface area contributed by atoms with E-state index >= 15 is 0 Å². The third-order valence-electron chi connectivity index (χ3n) is 3.15. The molecular formula is C12H20N4. The van der Waals surface area contributed by atoms with Gasteiger partial charge in [0.15, 0.2) is 0 Å². The van der Waals surface area contributed by atoms with E-state index in [1.54, 1.807) is 12.5 Å². The molecule has 0 radical (unpaired) electrons. The van der Waals surface area contributed by atoms with E-state index in [0.717, 1.165) is 18.8 Å². The topological polar surface area (TPSA) is 41.1 Å². The molecule has 2 rings (SSSR count). The van der Waals surface area contributed by atoms with Crippen molar-refractivity contribution in [3.05, 3.63) is 24.3 Å². The minimum atomic E-state index is 0.629. The van der Waals surface area contributed by atoms with Crippen molar-refractivity contribution in [3.8, 4) is 0 Å². The third kappa shape index (κ3) is 3.25. The Balaban J connectivity index is 1.67. The quantitative estimate of drug-likeness (QED) is 0.805. The fourth-order valence-corrected chi connectivity index (χ4v) is 2.14. The Morgan fingerprint density at radius 3 is 2.94 bits per heavy atom. The summed E-state index contributed by atoms with van der Waals surface area (Å²) in [4.78, 5) is 10.6. The van der Waals surface area contributed by atoms with Gasteiger partial charge in [-0.1, -0.05) is 0 Å². The SMILES string of the molecule is CC(CNCc1ccncn1)N1CCCC1. The molecule has 1 atom stereocenters. The van der Waals surface area contributed by atoms with E-state index in [0.29, 0.717) is 6.04 Å². The third-order valence-corrected chi connectivity index (χ3v) is 3.15. The van der Waals surface area contributed by atoms with E-state index in [9.17, 15) is 0 Å². The fraction of sp³-hybridized carbons (Fsp3) is 0.667. The maximum atomic E-state index is 4.19. The summed E-state index contributed by atoms with van der Waals surface area (Å²) in [6, 6.07) is 2.58. The Morgan fingerprint density at radius 1 is 1.44 bits per heavy atom. The van der Waals surface area contributed by atoms with Crippen molar-refractivity contribution in [2.45, 2.75) is 32.4 Å². The Bertz CT molecular complexity index is 295. The van der Waals surface area contributed by atoms with Gasteiger partial charge in [-0.2, -0.15) is 0 Å². The van der Waals surface area contributed by atoms with Gasteiger partial charge in [-0.15, -0.1) is 0 Å². The van der Waals surface area contributed by atoms with E-state index < -0.39 is 0 Å². The van der Waals surface area contributed by atoms with Crippen molar-refractivity contribution in [2.75, 3.05) is 19.6 Å². The predicted octanol–water partition coefficient (Wildman–Crippen LogP) is 1.05. The van der Waals surface area contributed by atoms with Crippen LogP contribution in [0.4, 0.5) is 0 Å². The van der Waals surface area contributed by atoms with Gasteiger partial charge in [0, 0.05) is 25.3 Å². The standard InChI is InChI=1S/C12H20N4/c1-11(16-6-2-3-7-16)8-14-9-12-4-5-13-10-15-12/h4-5,10-11,14H,2-3,6-9H2,1H3. The van der Waals surface area contributed by atoms with Gasteiger partial charge in [0.25, 0.3) is 0 Å². The molecule has 1 aliphatic heterocycles. The van der Waals surface area contributed by atoms with Crippen molar-refractivity contribution in [1.29, 1.82) is 0 Å². The number of nitrogens with one attached hydrogen (secondary N) is 1. The van der Waals surface area contributed by atoms with Crippen LogP contribution >= 0.6 is 0 Å². The van der Waals surface area contributed by atoms with E-state index in [1.807, 2.05) is 6.07 Å². The van der Waals surface area contributed by atoms with Gasteiger partial charge >= 0.3 is 0 Å². The molecule has 4 nitrogen and oxygen atoms in total. The Kier molecular flexibility index (Phi) is 4.25. The van der Waals surface area contributed by atoms with Crippen LogP contribution in [-0.4, -0.2) is 40.5 Å². The molecule has 2 heterocycles. The molecule has 1 fully saturated rings. The van der Waals surface area contributed by atoms with Crippen molar-refractivity contribution in [2.24, 2.45) is 0 Å². The number of hydrogen-bond acceptors (Lipinski definition) is 4. The average Bonchev–Trinajstić information content (AvgIpc) is 2.84. The molecule has 1 aliphatic rings. The van der Waals surface area contributed by atoms with Crippen LogP contribution in [0.3, 0.4) is 0 Å². The molecule has 4 heteroatoms. The normalized spacial score (nSPS) is 18.8. The average molecular weight is 220 g/mol. The first kappa shape index (κ1) is 11.5. The molecule has 0 amide bonds. The lowest BCUT2D eigenvalue weighted by atomic mass is 10.3. The number of hydrogen-bond donors (Lipinski definition) is 1. The number of rotatable bonds is 5. The summed E-state index contributed by atoms with van der Waals surface area (Å²) in [6.45, 7) is 6.68. The van der Waals surface area contributed by atoms with Crippen molar-refractivity contribution < 1.29 is 0 Å². The molecule has 0 bridgehead atoms. The second-order valence-corrected chi connectivity index (χ2v) is 4.42. The Hall–Kier alpha value is -1.00. The van der Waals surface area contributed by atoms with Crippen LogP contribution < -0.4 is 5.32 Å². The van der Waals surface area contributed by atoms with Gasteiger partial charge < -0.3 is 5.32 Å². The first-order chi connectivity index (χ1) is 7.86. The predicted molar refractivity (Wildman–Crippen MR) is 64.0 cm³/mol. The lowest BCUT2D eigenvalue weighted by Gasteiger charge is -2.23. The lowest BCUT2D eigenvalue weighted by molar-refractivity contribution is 0.251. The zero-order chi connectivity index (χ0) is 11.2. The van der Waals surface area contributed by atoms with Crippen molar-refractivity contribution in [3.63, 3.8) is 0 Å². The van der Waals surface area contributed by atoms with Crippen LogP contribution in [0.5, 0.6) is 0 Å². The van der Waals surface area contributed by atoms with E-state index in [-0.39, 0.29) is 0 Å². The van der Waals surface area contributed by atoms with Gasteiger partial charge in [-0.05, 0) is 38.9 Å². The van der Waals surface area contributed by atoms with Crippen LogP contribution in [0.25, 0.3) is 0 Å². The van der Waals surface area contributed by atoms with Crippen LogP contribution in [0.15, 0.2) is 18.6 Å². The first-order valence-corrected chi connectivity index (χ1v) is 6.06. The maximum Gasteiger partial charge on any atom is 0.115 e. The highest BCUT2D eigenvalue weighted by Gasteiger charge is 2.17. The van der Waals surface area contributed by atoms with Gasteiger partial charge in [-0.25, -0.2) is 9.97 Å². The van der Waals surface area contributed by atoms with Crippen molar-refractivity contribution >= 4 is 0 Å². The molecule has 0 aliphatic carbocycles. The fourth-order valence-electron chi connectivity index (χ4n) is 2.14. The molecule has 0 spiro atoms.